The molecule has 2 rings (SSSR count). The summed E-state index contributed by atoms with van der Waals surface area (Å²) in [6.07, 6.45) is 2.75. The molecule has 0 fully saturated rings. The van der Waals surface area contributed by atoms with Crippen LogP contribution in [0.4, 0.5) is 4.39 Å². The van der Waals surface area contributed by atoms with E-state index in [0.717, 1.165) is 0 Å². The van der Waals surface area contributed by atoms with Gasteiger partial charge in [0.05, 0.1) is 12.2 Å². The minimum atomic E-state index is -0.512. The fourth-order valence-corrected chi connectivity index (χ4v) is 1.91. The van der Waals surface area contributed by atoms with Gasteiger partial charge >= 0.3 is 0 Å². The lowest BCUT2D eigenvalue weighted by Gasteiger charge is -2.10. The SMILES string of the molecule is CCOc1ccccc1C(=O)NNC(=O)/C=C\c1ccc(F)cc1. The van der Waals surface area contributed by atoms with Gasteiger partial charge in [0.2, 0.25) is 0 Å². The van der Waals surface area contributed by atoms with E-state index in [4.69, 9.17) is 4.74 Å². The highest BCUT2D eigenvalue weighted by molar-refractivity contribution is 5.99. The van der Waals surface area contributed by atoms with Crippen molar-refractivity contribution < 1.29 is 18.7 Å². The van der Waals surface area contributed by atoms with Crippen LogP contribution < -0.4 is 15.6 Å². The van der Waals surface area contributed by atoms with E-state index < -0.39 is 11.8 Å². The first-order valence-corrected chi connectivity index (χ1v) is 7.36. The molecule has 124 valence electrons. The molecule has 0 unspecified atom stereocenters. The quantitative estimate of drug-likeness (QED) is 0.655. The molecule has 0 saturated carbocycles. The first kappa shape index (κ1) is 17.2. The Morgan fingerprint density at radius 3 is 2.50 bits per heavy atom. The molecule has 0 bridgehead atoms. The van der Waals surface area contributed by atoms with E-state index in [2.05, 4.69) is 10.9 Å². The molecule has 2 N–H and O–H groups in total. The molecule has 0 atom stereocenters. The molecule has 0 aliphatic carbocycles. The van der Waals surface area contributed by atoms with E-state index >= 15 is 0 Å². The van der Waals surface area contributed by atoms with Crippen molar-refractivity contribution >= 4 is 17.9 Å². The number of carbonyl (C=O) groups excluding carboxylic acids is 2. The van der Waals surface area contributed by atoms with Gasteiger partial charge in [-0.05, 0) is 42.8 Å². The second-order valence-electron chi connectivity index (χ2n) is 4.76. The number of para-hydroxylation sites is 1. The zero-order chi connectivity index (χ0) is 17.4. The van der Waals surface area contributed by atoms with Gasteiger partial charge in [0.1, 0.15) is 11.6 Å². The van der Waals surface area contributed by atoms with E-state index in [1.165, 1.54) is 36.4 Å². The highest BCUT2D eigenvalue weighted by Gasteiger charge is 2.11. The van der Waals surface area contributed by atoms with E-state index in [0.29, 0.717) is 23.5 Å². The Morgan fingerprint density at radius 1 is 1.08 bits per heavy atom. The number of amides is 2. The average molecular weight is 328 g/mol. The maximum atomic E-state index is 12.8. The van der Waals surface area contributed by atoms with Gasteiger partial charge in [-0.1, -0.05) is 24.3 Å². The van der Waals surface area contributed by atoms with E-state index in [1.54, 1.807) is 24.3 Å². The number of hydrogen-bond acceptors (Lipinski definition) is 3. The maximum absolute atomic E-state index is 12.8. The maximum Gasteiger partial charge on any atom is 0.273 e. The van der Waals surface area contributed by atoms with Crippen LogP contribution >= 0.6 is 0 Å². The fourth-order valence-electron chi connectivity index (χ4n) is 1.91. The third-order valence-electron chi connectivity index (χ3n) is 3.03. The summed E-state index contributed by atoms with van der Waals surface area (Å²) < 4.78 is 18.1. The lowest BCUT2D eigenvalue weighted by molar-refractivity contribution is -0.117. The Bertz CT molecular complexity index is 742. The second kappa shape index (κ2) is 8.47. The molecule has 0 radical (unpaired) electrons. The van der Waals surface area contributed by atoms with Crippen molar-refractivity contribution in [1.29, 1.82) is 0 Å². The Labute approximate surface area is 139 Å². The summed E-state index contributed by atoms with van der Waals surface area (Å²) in [6, 6.07) is 12.4. The van der Waals surface area contributed by atoms with Gasteiger partial charge in [-0.15, -0.1) is 0 Å². The van der Waals surface area contributed by atoms with Crippen LogP contribution in [-0.2, 0) is 4.79 Å². The number of halogens is 1. The van der Waals surface area contributed by atoms with E-state index in [1.807, 2.05) is 6.92 Å². The number of hydrogen-bond donors (Lipinski definition) is 2. The molecule has 0 aliphatic rings. The summed E-state index contributed by atoms with van der Waals surface area (Å²) in [7, 11) is 0. The summed E-state index contributed by atoms with van der Waals surface area (Å²) >= 11 is 0. The summed E-state index contributed by atoms with van der Waals surface area (Å²) in [5.74, 6) is -0.908. The largest absolute Gasteiger partial charge is 0.493 e. The highest BCUT2D eigenvalue weighted by Crippen LogP contribution is 2.17. The van der Waals surface area contributed by atoms with Crippen molar-refractivity contribution in [3.05, 3.63) is 71.6 Å². The van der Waals surface area contributed by atoms with Crippen LogP contribution in [0.25, 0.3) is 6.08 Å². The third-order valence-corrected chi connectivity index (χ3v) is 3.03. The first-order chi connectivity index (χ1) is 11.6. The zero-order valence-corrected chi connectivity index (χ0v) is 13.1. The number of ether oxygens (including phenoxy) is 1. The number of benzene rings is 2. The molecular weight excluding hydrogens is 311 g/mol. The Balaban J connectivity index is 1.91. The molecule has 6 heteroatoms. The Morgan fingerprint density at radius 2 is 1.79 bits per heavy atom. The zero-order valence-electron chi connectivity index (χ0n) is 13.1. The molecule has 2 amide bonds. The van der Waals surface area contributed by atoms with Crippen LogP contribution in [0.1, 0.15) is 22.8 Å². The molecular formula is C18H17FN2O3. The van der Waals surface area contributed by atoms with Gasteiger partial charge in [0.15, 0.2) is 0 Å². The van der Waals surface area contributed by atoms with Gasteiger partial charge in [-0.2, -0.15) is 0 Å². The minimum Gasteiger partial charge on any atom is -0.493 e. The van der Waals surface area contributed by atoms with Crippen LogP contribution in [0.15, 0.2) is 54.6 Å². The number of carbonyl (C=O) groups is 2. The first-order valence-electron chi connectivity index (χ1n) is 7.36. The summed E-state index contributed by atoms with van der Waals surface area (Å²) in [5, 5.41) is 0. The van der Waals surface area contributed by atoms with Gasteiger partial charge in [-0.25, -0.2) is 4.39 Å². The fraction of sp³-hybridized carbons (Fsp3) is 0.111. The second-order valence-corrected chi connectivity index (χ2v) is 4.76. The van der Waals surface area contributed by atoms with Crippen molar-refractivity contribution in [3.63, 3.8) is 0 Å². The van der Waals surface area contributed by atoms with Crippen molar-refractivity contribution in [1.82, 2.24) is 10.9 Å². The lowest BCUT2D eigenvalue weighted by atomic mass is 10.2. The number of hydrazine groups is 1. The number of rotatable bonds is 5. The topological polar surface area (TPSA) is 67.4 Å². The smallest absolute Gasteiger partial charge is 0.273 e. The molecule has 2 aromatic carbocycles. The van der Waals surface area contributed by atoms with Crippen LogP contribution in [-0.4, -0.2) is 18.4 Å². The van der Waals surface area contributed by atoms with Crippen LogP contribution in [0, 0.1) is 5.82 Å². The normalized spacial score (nSPS) is 10.4. The van der Waals surface area contributed by atoms with Gasteiger partial charge in [0, 0.05) is 6.08 Å². The molecule has 0 aliphatic heterocycles. The molecule has 2 aromatic rings. The molecule has 0 aromatic heterocycles. The predicted octanol–water partition coefficient (Wildman–Crippen LogP) is 2.70. The number of nitrogens with one attached hydrogen (secondary N) is 2. The molecule has 0 heterocycles. The molecule has 24 heavy (non-hydrogen) atoms. The summed E-state index contributed by atoms with van der Waals surface area (Å²) in [4.78, 5) is 23.8. The standard InChI is InChI=1S/C18H17FN2O3/c1-2-24-16-6-4-3-5-15(16)18(23)21-20-17(22)12-9-13-7-10-14(19)11-8-13/h3-12H,2H2,1H3,(H,20,22)(H,21,23)/b12-9-. The monoisotopic (exact) mass is 328 g/mol. The van der Waals surface area contributed by atoms with Crippen LogP contribution in [0.5, 0.6) is 5.75 Å². The third kappa shape index (κ3) is 4.95. The minimum absolute atomic E-state index is 0.321. The van der Waals surface area contributed by atoms with Crippen molar-refractivity contribution in [2.75, 3.05) is 6.61 Å². The lowest BCUT2D eigenvalue weighted by Crippen LogP contribution is -2.40. The Kier molecular flexibility index (Phi) is 6.08. The van der Waals surface area contributed by atoms with Gasteiger partial charge < -0.3 is 4.74 Å². The summed E-state index contributed by atoms with van der Waals surface area (Å²) in [5.41, 5.74) is 5.58. The van der Waals surface area contributed by atoms with Gasteiger partial charge in [0.25, 0.3) is 11.8 Å². The molecule has 0 saturated heterocycles. The molecule has 5 nitrogen and oxygen atoms in total. The van der Waals surface area contributed by atoms with Crippen molar-refractivity contribution in [2.45, 2.75) is 6.92 Å². The van der Waals surface area contributed by atoms with Crippen LogP contribution in [0.3, 0.4) is 0 Å². The molecule has 0 spiro atoms. The van der Waals surface area contributed by atoms with Crippen molar-refractivity contribution in [3.8, 4) is 5.75 Å². The van der Waals surface area contributed by atoms with Crippen molar-refractivity contribution in [2.24, 2.45) is 0 Å². The average Bonchev–Trinajstić information content (AvgIpc) is 2.60. The predicted molar refractivity (Wildman–Crippen MR) is 88.7 cm³/mol. The highest BCUT2D eigenvalue weighted by atomic mass is 19.1. The van der Waals surface area contributed by atoms with E-state index in [9.17, 15) is 14.0 Å². The van der Waals surface area contributed by atoms with E-state index in [-0.39, 0.29) is 5.82 Å². The van der Waals surface area contributed by atoms with Gasteiger partial charge in [-0.3, -0.25) is 20.4 Å². The van der Waals surface area contributed by atoms with Crippen LogP contribution in [0.2, 0.25) is 0 Å². The summed E-state index contributed by atoms with van der Waals surface area (Å²) in [6.45, 7) is 2.24. The Hall–Kier alpha value is -3.15.